The van der Waals surface area contributed by atoms with Crippen LogP contribution in [0.15, 0.2) is 34.1 Å². The molecule has 2 aromatic rings. The first-order valence-electron chi connectivity index (χ1n) is 6.08. The average molecular weight is 340 g/mol. The van der Waals surface area contributed by atoms with E-state index in [4.69, 9.17) is 9.47 Å². The van der Waals surface area contributed by atoms with Crippen LogP contribution in [0.1, 0.15) is 23.4 Å². The van der Waals surface area contributed by atoms with E-state index in [1.165, 1.54) is 10.4 Å². The van der Waals surface area contributed by atoms with Crippen molar-refractivity contribution in [3.05, 3.63) is 44.6 Å². The molecule has 0 radical (unpaired) electrons. The summed E-state index contributed by atoms with van der Waals surface area (Å²) in [7, 11) is 0. The van der Waals surface area contributed by atoms with Gasteiger partial charge in [-0.05, 0) is 46.6 Å². The molecule has 3 rings (SSSR count). The van der Waals surface area contributed by atoms with Gasteiger partial charge in [-0.15, -0.1) is 11.3 Å². The van der Waals surface area contributed by atoms with Crippen molar-refractivity contribution < 1.29 is 9.47 Å². The highest BCUT2D eigenvalue weighted by molar-refractivity contribution is 9.10. The van der Waals surface area contributed by atoms with Crippen molar-refractivity contribution in [1.82, 2.24) is 5.32 Å². The van der Waals surface area contributed by atoms with Crippen LogP contribution >= 0.6 is 27.3 Å². The molecule has 0 spiro atoms. The Balaban J connectivity index is 1.63. The Morgan fingerprint density at radius 1 is 1.32 bits per heavy atom. The number of nitrogens with one attached hydrogen (secondary N) is 1. The predicted octanol–water partition coefficient (Wildman–Crippen LogP) is 4.09. The summed E-state index contributed by atoms with van der Waals surface area (Å²) in [6, 6.07) is 8.55. The largest absolute Gasteiger partial charge is 0.454 e. The summed E-state index contributed by atoms with van der Waals surface area (Å²) in [5.41, 5.74) is 1.20. The Morgan fingerprint density at radius 3 is 2.95 bits per heavy atom. The maximum Gasteiger partial charge on any atom is 0.231 e. The summed E-state index contributed by atoms with van der Waals surface area (Å²) < 4.78 is 11.8. The first-order valence-corrected chi connectivity index (χ1v) is 7.75. The smallest absolute Gasteiger partial charge is 0.231 e. The van der Waals surface area contributed by atoms with E-state index in [9.17, 15) is 0 Å². The highest BCUT2D eigenvalue weighted by Crippen LogP contribution is 2.32. The van der Waals surface area contributed by atoms with Crippen LogP contribution in [0.3, 0.4) is 0 Å². The number of rotatable bonds is 4. The van der Waals surface area contributed by atoms with Crippen LogP contribution in [0.2, 0.25) is 0 Å². The molecule has 0 bridgehead atoms. The molecule has 2 heterocycles. The number of ether oxygens (including phenoxy) is 2. The van der Waals surface area contributed by atoms with Gasteiger partial charge in [0.05, 0.1) is 0 Å². The molecule has 0 saturated heterocycles. The second-order valence-corrected chi connectivity index (χ2v) is 6.32. The molecule has 1 unspecified atom stereocenters. The van der Waals surface area contributed by atoms with Crippen LogP contribution in [-0.4, -0.2) is 6.79 Å². The molecule has 1 N–H and O–H groups in total. The minimum Gasteiger partial charge on any atom is -0.454 e. The number of fused-ring (bicyclic) bond motifs is 1. The fourth-order valence-corrected chi connectivity index (χ4v) is 3.46. The third-order valence-corrected chi connectivity index (χ3v) is 4.94. The Bertz CT molecular complexity index is 585. The molecular formula is C14H14BrNO2S. The standard InChI is InChI=1S/C14H14BrNO2S/c1-9(14-5-11(15)7-19-14)16-6-10-2-3-12-13(4-10)18-8-17-12/h2-5,7,9,16H,6,8H2,1H3. The van der Waals surface area contributed by atoms with E-state index in [0.29, 0.717) is 12.8 Å². The summed E-state index contributed by atoms with van der Waals surface area (Å²) in [5, 5.41) is 5.62. The number of thiophene rings is 1. The summed E-state index contributed by atoms with van der Waals surface area (Å²) in [6.45, 7) is 3.31. The molecule has 1 atom stereocenters. The van der Waals surface area contributed by atoms with E-state index in [-0.39, 0.29) is 0 Å². The van der Waals surface area contributed by atoms with E-state index in [1.54, 1.807) is 11.3 Å². The molecule has 0 fully saturated rings. The van der Waals surface area contributed by atoms with Gasteiger partial charge < -0.3 is 14.8 Å². The molecular weight excluding hydrogens is 326 g/mol. The molecule has 0 aliphatic carbocycles. The van der Waals surface area contributed by atoms with Crippen LogP contribution in [0.25, 0.3) is 0 Å². The zero-order valence-corrected chi connectivity index (χ0v) is 12.9. The predicted molar refractivity (Wildman–Crippen MR) is 79.8 cm³/mol. The maximum absolute atomic E-state index is 5.38. The number of hydrogen-bond donors (Lipinski definition) is 1. The van der Waals surface area contributed by atoms with Gasteiger partial charge in [-0.1, -0.05) is 6.07 Å². The monoisotopic (exact) mass is 339 g/mol. The molecule has 5 heteroatoms. The molecule has 1 aliphatic heterocycles. The summed E-state index contributed by atoms with van der Waals surface area (Å²) in [5.74, 6) is 1.67. The molecule has 19 heavy (non-hydrogen) atoms. The third-order valence-electron chi connectivity index (χ3n) is 3.06. The van der Waals surface area contributed by atoms with E-state index in [0.717, 1.165) is 22.5 Å². The van der Waals surface area contributed by atoms with Crippen LogP contribution in [0.5, 0.6) is 11.5 Å². The number of hydrogen-bond acceptors (Lipinski definition) is 4. The topological polar surface area (TPSA) is 30.5 Å². The van der Waals surface area contributed by atoms with E-state index in [2.05, 4.69) is 45.7 Å². The summed E-state index contributed by atoms with van der Waals surface area (Å²) in [4.78, 5) is 1.33. The lowest BCUT2D eigenvalue weighted by Gasteiger charge is -2.12. The molecule has 1 aromatic carbocycles. The lowest BCUT2D eigenvalue weighted by molar-refractivity contribution is 0.174. The fraction of sp³-hybridized carbons (Fsp3) is 0.286. The Morgan fingerprint density at radius 2 is 2.16 bits per heavy atom. The number of benzene rings is 1. The molecule has 3 nitrogen and oxygen atoms in total. The molecule has 100 valence electrons. The molecule has 1 aromatic heterocycles. The SMILES string of the molecule is CC(NCc1ccc2c(c1)OCO2)c1cc(Br)cs1. The van der Waals surface area contributed by atoms with Crippen molar-refractivity contribution in [2.45, 2.75) is 19.5 Å². The van der Waals surface area contributed by atoms with Crippen LogP contribution in [-0.2, 0) is 6.54 Å². The Hall–Kier alpha value is -1.04. The second-order valence-electron chi connectivity index (χ2n) is 4.46. The van der Waals surface area contributed by atoms with Crippen molar-refractivity contribution >= 4 is 27.3 Å². The van der Waals surface area contributed by atoms with Gasteiger partial charge in [-0.25, -0.2) is 0 Å². The molecule has 1 aliphatic rings. The van der Waals surface area contributed by atoms with Crippen molar-refractivity contribution in [1.29, 1.82) is 0 Å². The van der Waals surface area contributed by atoms with Gasteiger partial charge in [0, 0.05) is 27.3 Å². The van der Waals surface area contributed by atoms with Gasteiger partial charge in [0.1, 0.15) is 0 Å². The summed E-state index contributed by atoms with van der Waals surface area (Å²) >= 11 is 5.24. The number of halogens is 1. The molecule has 0 amide bonds. The lowest BCUT2D eigenvalue weighted by atomic mass is 10.2. The van der Waals surface area contributed by atoms with Crippen molar-refractivity contribution in [2.75, 3.05) is 6.79 Å². The minimum atomic E-state index is 0.325. The van der Waals surface area contributed by atoms with E-state index >= 15 is 0 Å². The van der Waals surface area contributed by atoms with E-state index < -0.39 is 0 Å². The Kier molecular flexibility index (Phi) is 3.77. The zero-order valence-electron chi connectivity index (χ0n) is 10.5. The lowest BCUT2D eigenvalue weighted by Crippen LogP contribution is -2.17. The van der Waals surface area contributed by atoms with Gasteiger partial charge >= 0.3 is 0 Å². The van der Waals surface area contributed by atoms with Crippen molar-refractivity contribution in [2.24, 2.45) is 0 Å². The highest BCUT2D eigenvalue weighted by Gasteiger charge is 2.13. The van der Waals surface area contributed by atoms with E-state index in [1.807, 2.05) is 12.1 Å². The van der Waals surface area contributed by atoms with Crippen LogP contribution in [0, 0.1) is 0 Å². The van der Waals surface area contributed by atoms with Crippen LogP contribution in [0.4, 0.5) is 0 Å². The van der Waals surface area contributed by atoms with Crippen molar-refractivity contribution in [3.8, 4) is 11.5 Å². The minimum absolute atomic E-state index is 0.325. The highest BCUT2D eigenvalue weighted by atomic mass is 79.9. The maximum atomic E-state index is 5.38. The van der Waals surface area contributed by atoms with Gasteiger partial charge in [-0.2, -0.15) is 0 Å². The van der Waals surface area contributed by atoms with Gasteiger partial charge in [0.25, 0.3) is 0 Å². The fourth-order valence-electron chi connectivity index (χ4n) is 1.98. The second kappa shape index (κ2) is 5.53. The van der Waals surface area contributed by atoms with Crippen LogP contribution < -0.4 is 14.8 Å². The Labute approximate surface area is 124 Å². The van der Waals surface area contributed by atoms with Gasteiger partial charge in [-0.3, -0.25) is 0 Å². The normalized spacial score (nSPS) is 14.6. The quantitative estimate of drug-likeness (QED) is 0.909. The average Bonchev–Trinajstić information content (AvgIpc) is 3.03. The summed E-state index contributed by atoms with van der Waals surface area (Å²) in [6.07, 6.45) is 0. The first kappa shape index (κ1) is 13.0. The third kappa shape index (κ3) is 2.94. The van der Waals surface area contributed by atoms with Gasteiger partial charge in [0.2, 0.25) is 6.79 Å². The van der Waals surface area contributed by atoms with Crippen molar-refractivity contribution in [3.63, 3.8) is 0 Å². The van der Waals surface area contributed by atoms with Gasteiger partial charge in [0.15, 0.2) is 11.5 Å². The first-order chi connectivity index (χ1) is 9.22. The molecule has 0 saturated carbocycles. The zero-order chi connectivity index (χ0) is 13.2.